The second kappa shape index (κ2) is 14.0. The molecule has 2 N–H and O–H groups in total. The van der Waals surface area contributed by atoms with Gasteiger partial charge in [-0.25, -0.2) is 4.39 Å². The van der Waals surface area contributed by atoms with Crippen LogP contribution in [0.2, 0.25) is 0 Å². The number of halogens is 2. The molecule has 2 rings (SSSR count). The molecule has 8 heteroatoms. The van der Waals surface area contributed by atoms with Gasteiger partial charge in [-0.05, 0) is 23.6 Å². The Kier molecular flexibility index (Phi) is 12.5. The first-order chi connectivity index (χ1) is 13.6. The van der Waals surface area contributed by atoms with Gasteiger partial charge in [-0.3, -0.25) is 9.89 Å². The summed E-state index contributed by atoms with van der Waals surface area (Å²) in [6, 6.07) is 5.42. The molecule has 0 spiro atoms. The summed E-state index contributed by atoms with van der Waals surface area (Å²) in [5, 5.41) is 6.73. The van der Waals surface area contributed by atoms with E-state index in [0.717, 1.165) is 57.2 Å². The van der Waals surface area contributed by atoms with Gasteiger partial charge in [-0.1, -0.05) is 32.8 Å². The summed E-state index contributed by atoms with van der Waals surface area (Å²) >= 11 is 0. The number of morpholine rings is 1. The average molecular weight is 522 g/mol. The summed E-state index contributed by atoms with van der Waals surface area (Å²) in [5.41, 5.74) is 0.839. The van der Waals surface area contributed by atoms with Crippen molar-refractivity contribution in [3.8, 4) is 5.75 Å². The molecular formula is C21H36FIN4O2. The molecule has 166 valence electrons. The van der Waals surface area contributed by atoms with E-state index in [4.69, 9.17) is 9.47 Å². The zero-order valence-corrected chi connectivity index (χ0v) is 20.4. The van der Waals surface area contributed by atoms with E-state index in [2.05, 4.69) is 34.4 Å². The SMILES string of the molecule is CCC(CC)C(CNC(=NC)NCc1ccc(OC)c(F)c1)N1CCOCC1.I. The molecular weight excluding hydrogens is 486 g/mol. The normalized spacial score (nSPS) is 16.3. The Hall–Kier alpha value is -1.13. The van der Waals surface area contributed by atoms with Gasteiger partial charge in [-0.2, -0.15) is 0 Å². The number of guanidine groups is 1. The molecule has 1 aromatic rings. The molecule has 0 radical (unpaired) electrons. The van der Waals surface area contributed by atoms with Crippen LogP contribution in [0.25, 0.3) is 0 Å². The van der Waals surface area contributed by atoms with Crippen molar-refractivity contribution in [2.24, 2.45) is 10.9 Å². The minimum absolute atomic E-state index is 0. The number of rotatable bonds is 9. The van der Waals surface area contributed by atoms with Crippen molar-refractivity contribution in [2.45, 2.75) is 39.3 Å². The van der Waals surface area contributed by atoms with Crippen LogP contribution in [0.5, 0.6) is 5.75 Å². The smallest absolute Gasteiger partial charge is 0.191 e. The van der Waals surface area contributed by atoms with Crippen LogP contribution in [0.15, 0.2) is 23.2 Å². The largest absolute Gasteiger partial charge is 0.494 e. The lowest BCUT2D eigenvalue weighted by atomic mass is 9.92. The van der Waals surface area contributed by atoms with Crippen LogP contribution in [-0.2, 0) is 11.3 Å². The highest BCUT2D eigenvalue weighted by atomic mass is 127. The summed E-state index contributed by atoms with van der Waals surface area (Å²) in [7, 11) is 3.22. The standard InChI is InChI=1S/C21H35FN4O2.HI/c1-5-17(6-2)19(26-9-11-28-12-10-26)15-25-21(23-3)24-14-16-7-8-20(27-4)18(22)13-16;/h7-8,13,17,19H,5-6,9-12,14-15H2,1-4H3,(H2,23,24,25);1H. The van der Waals surface area contributed by atoms with E-state index < -0.39 is 0 Å². The Bertz CT molecular complexity index is 623. The molecule has 1 heterocycles. The second-order valence-electron chi connectivity index (χ2n) is 7.07. The maximum atomic E-state index is 13.9. The van der Waals surface area contributed by atoms with Gasteiger partial charge in [0.2, 0.25) is 0 Å². The van der Waals surface area contributed by atoms with Crippen molar-refractivity contribution < 1.29 is 13.9 Å². The fourth-order valence-corrected chi connectivity index (χ4v) is 3.76. The second-order valence-corrected chi connectivity index (χ2v) is 7.07. The molecule has 0 aliphatic carbocycles. The maximum absolute atomic E-state index is 13.9. The number of benzene rings is 1. The first-order valence-corrected chi connectivity index (χ1v) is 10.2. The zero-order chi connectivity index (χ0) is 20.4. The van der Waals surface area contributed by atoms with Gasteiger partial charge in [-0.15, -0.1) is 24.0 Å². The van der Waals surface area contributed by atoms with Crippen LogP contribution in [0.4, 0.5) is 4.39 Å². The Morgan fingerprint density at radius 2 is 1.93 bits per heavy atom. The number of hydrogen-bond donors (Lipinski definition) is 2. The van der Waals surface area contributed by atoms with Gasteiger partial charge < -0.3 is 20.1 Å². The number of aliphatic imine (C=N–C) groups is 1. The summed E-state index contributed by atoms with van der Waals surface area (Å²) < 4.78 is 24.4. The lowest BCUT2D eigenvalue weighted by Gasteiger charge is -2.39. The van der Waals surface area contributed by atoms with Crippen molar-refractivity contribution in [1.29, 1.82) is 0 Å². The molecule has 0 saturated carbocycles. The minimum atomic E-state index is -0.356. The number of nitrogens with one attached hydrogen (secondary N) is 2. The van der Waals surface area contributed by atoms with E-state index in [0.29, 0.717) is 18.5 Å². The van der Waals surface area contributed by atoms with Crippen molar-refractivity contribution in [2.75, 3.05) is 47.0 Å². The van der Waals surface area contributed by atoms with Crippen LogP contribution in [-0.4, -0.2) is 63.9 Å². The molecule has 1 aromatic carbocycles. The first-order valence-electron chi connectivity index (χ1n) is 10.2. The Labute approximate surface area is 191 Å². The number of nitrogens with zero attached hydrogens (tertiary/aromatic N) is 2. The fraction of sp³-hybridized carbons (Fsp3) is 0.667. The van der Waals surface area contributed by atoms with E-state index in [1.807, 2.05) is 6.07 Å². The third-order valence-corrected chi connectivity index (χ3v) is 5.49. The maximum Gasteiger partial charge on any atom is 0.191 e. The summed E-state index contributed by atoms with van der Waals surface area (Å²) in [6.45, 7) is 9.37. The molecule has 0 aromatic heterocycles. The summed E-state index contributed by atoms with van der Waals surface area (Å²) in [5.74, 6) is 1.25. The third-order valence-electron chi connectivity index (χ3n) is 5.49. The topological polar surface area (TPSA) is 58.1 Å². The highest BCUT2D eigenvalue weighted by molar-refractivity contribution is 14.0. The molecule has 1 fully saturated rings. The molecule has 1 saturated heterocycles. The van der Waals surface area contributed by atoms with Crippen molar-refractivity contribution in [3.05, 3.63) is 29.6 Å². The predicted octanol–water partition coefficient (Wildman–Crippen LogP) is 3.25. The van der Waals surface area contributed by atoms with E-state index in [-0.39, 0.29) is 35.5 Å². The highest BCUT2D eigenvalue weighted by Gasteiger charge is 2.27. The van der Waals surface area contributed by atoms with Gasteiger partial charge >= 0.3 is 0 Å². The number of methoxy groups -OCH3 is 1. The molecule has 29 heavy (non-hydrogen) atoms. The first kappa shape index (κ1) is 25.9. The molecule has 0 amide bonds. The van der Waals surface area contributed by atoms with Crippen LogP contribution in [0.3, 0.4) is 0 Å². The predicted molar refractivity (Wildman–Crippen MR) is 127 cm³/mol. The van der Waals surface area contributed by atoms with Gasteiger partial charge in [0, 0.05) is 39.3 Å². The zero-order valence-electron chi connectivity index (χ0n) is 18.0. The van der Waals surface area contributed by atoms with Crippen LogP contribution in [0, 0.1) is 11.7 Å². The van der Waals surface area contributed by atoms with Gasteiger partial charge in [0.25, 0.3) is 0 Å². The Morgan fingerprint density at radius 3 is 2.48 bits per heavy atom. The molecule has 0 bridgehead atoms. The van der Waals surface area contributed by atoms with Crippen LogP contribution >= 0.6 is 24.0 Å². The summed E-state index contributed by atoms with van der Waals surface area (Å²) in [4.78, 5) is 6.85. The quantitative estimate of drug-likeness (QED) is 0.296. The number of hydrogen-bond acceptors (Lipinski definition) is 4. The third kappa shape index (κ3) is 7.90. The lowest BCUT2D eigenvalue weighted by molar-refractivity contribution is 0.00272. The highest BCUT2D eigenvalue weighted by Crippen LogP contribution is 2.20. The van der Waals surface area contributed by atoms with Crippen molar-refractivity contribution in [1.82, 2.24) is 15.5 Å². The fourth-order valence-electron chi connectivity index (χ4n) is 3.76. The number of ether oxygens (including phenoxy) is 2. The van der Waals surface area contributed by atoms with Crippen molar-refractivity contribution in [3.63, 3.8) is 0 Å². The molecule has 1 aliphatic heterocycles. The van der Waals surface area contributed by atoms with E-state index in [1.54, 1.807) is 13.1 Å². The minimum Gasteiger partial charge on any atom is -0.494 e. The van der Waals surface area contributed by atoms with Gasteiger partial charge in [0.15, 0.2) is 17.5 Å². The summed E-state index contributed by atoms with van der Waals surface area (Å²) in [6.07, 6.45) is 2.30. The van der Waals surface area contributed by atoms with Crippen LogP contribution < -0.4 is 15.4 Å². The van der Waals surface area contributed by atoms with Gasteiger partial charge in [0.1, 0.15) is 0 Å². The van der Waals surface area contributed by atoms with Crippen molar-refractivity contribution >= 4 is 29.9 Å². The van der Waals surface area contributed by atoms with E-state index >= 15 is 0 Å². The van der Waals surface area contributed by atoms with Crippen LogP contribution in [0.1, 0.15) is 32.3 Å². The van der Waals surface area contributed by atoms with E-state index in [9.17, 15) is 4.39 Å². The Morgan fingerprint density at radius 1 is 1.24 bits per heavy atom. The molecule has 1 atom stereocenters. The van der Waals surface area contributed by atoms with E-state index in [1.165, 1.54) is 13.2 Å². The van der Waals surface area contributed by atoms with Gasteiger partial charge in [0.05, 0.1) is 20.3 Å². The average Bonchev–Trinajstić information content (AvgIpc) is 2.73. The lowest BCUT2D eigenvalue weighted by Crippen LogP contribution is -2.53. The Balaban J connectivity index is 0.00000420. The molecule has 6 nitrogen and oxygen atoms in total. The molecule has 1 aliphatic rings. The molecule has 1 unspecified atom stereocenters. The monoisotopic (exact) mass is 522 g/mol.